The predicted molar refractivity (Wildman–Crippen MR) is 93.3 cm³/mol. The SMILES string of the molecule is O=C(NC(=O)c1c(F)cccc1F)Nc1ccc(CCC(Cl)C(F)(F)F)cc1. The molecule has 2 aromatic rings. The van der Waals surface area contributed by atoms with E-state index in [1.807, 2.05) is 0 Å². The first-order valence-electron chi connectivity index (χ1n) is 7.94. The minimum Gasteiger partial charge on any atom is -0.308 e. The Morgan fingerprint density at radius 3 is 2.11 bits per heavy atom. The molecular weight excluding hydrogens is 407 g/mol. The van der Waals surface area contributed by atoms with Crippen LogP contribution < -0.4 is 10.6 Å². The monoisotopic (exact) mass is 420 g/mol. The number of anilines is 1. The summed E-state index contributed by atoms with van der Waals surface area (Å²) >= 11 is 5.25. The largest absolute Gasteiger partial charge is 0.404 e. The number of aryl methyl sites for hydroxylation is 1. The van der Waals surface area contributed by atoms with E-state index in [1.165, 1.54) is 24.3 Å². The zero-order valence-electron chi connectivity index (χ0n) is 14.1. The molecule has 1 atom stereocenters. The van der Waals surface area contributed by atoms with Crippen LogP contribution in [0.25, 0.3) is 0 Å². The van der Waals surface area contributed by atoms with E-state index >= 15 is 0 Å². The van der Waals surface area contributed by atoms with Gasteiger partial charge in [-0.3, -0.25) is 10.1 Å². The number of rotatable bonds is 5. The lowest BCUT2D eigenvalue weighted by atomic mass is 10.1. The van der Waals surface area contributed by atoms with E-state index in [2.05, 4.69) is 5.32 Å². The van der Waals surface area contributed by atoms with Crippen LogP contribution in [0.5, 0.6) is 0 Å². The topological polar surface area (TPSA) is 58.2 Å². The molecule has 0 aromatic heterocycles. The van der Waals surface area contributed by atoms with Crippen molar-refractivity contribution in [1.82, 2.24) is 5.32 Å². The Hall–Kier alpha value is -2.68. The van der Waals surface area contributed by atoms with E-state index in [1.54, 1.807) is 5.32 Å². The number of amides is 3. The number of nitrogens with one attached hydrogen (secondary N) is 2. The molecule has 0 saturated heterocycles. The summed E-state index contributed by atoms with van der Waals surface area (Å²) in [6, 6.07) is 7.56. The summed E-state index contributed by atoms with van der Waals surface area (Å²) in [5, 5.41) is 2.10. The van der Waals surface area contributed by atoms with Crippen molar-refractivity contribution in [2.75, 3.05) is 5.32 Å². The van der Waals surface area contributed by atoms with E-state index in [-0.39, 0.29) is 18.5 Å². The molecule has 2 rings (SSSR count). The summed E-state index contributed by atoms with van der Waals surface area (Å²) in [5.74, 6) is -3.50. The molecular formula is C18H14ClF5N2O2. The lowest BCUT2D eigenvalue weighted by Crippen LogP contribution is -2.35. The molecule has 0 spiro atoms. The number of hydrogen-bond donors (Lipinski definition) is 2. The van der Waals surface area contributed by atoms with Gasteiger partial charge >= 0.3 is 12.2 Å². The van der Waals surface area contributed by atoms with Gasteiger partial charge in [0.05, 0.1) is 0 Å². The van der Waals surface area contributed by atoms with Crippen LogP contribution in [0, 0.1) is 11.6 Å². The van der Waals surface area contributed by atoms with Crippen molar-refractivity contribution < 1.29 is 31.5 Å². The Morgan fingerprint density at radius 1 is 1.00 bits per heavy atom. The molecule has 2 N–H and O–H groups in total. The fourth-order valence-electron chi connectivity index (χ4n) is 2.25. The second-order valence-electron chi connectivity index (χ2n) is 5.75. The zero-order valence-corrected chi connectivity index (χ0v) is 14.9. The molecule has 4 nitrogen and oxygen atoms in total. The third-order valence-electron chi connectivity index (χ3n) is 3.67. The Morgan fingerprint density at radius 2 is 1.57 bits per heavy atom. The van der Waals surface area contributed by atoms with Gasteiger partial charge in [-0.2, -0.15) is 13.2 Å². The highest BCUT2D eigenvalue weighted by Crippen LogP contribution is 2.28. The molecule has 1 unspecified atom stereocenters. The number of urea groups is 1. The molecule has 3 amide bonds. The number of imide groups is 1. The van der Waals surface area contributed by atoms with Crippen molar-refractivity contribution in [3.63, 3.8) is 0 Å². The van der Waals surface area contributed by atoms with Crippen LogP contribution in [0.3, 0.4) is 0 Å². The van der Waals surface area contributed by atoms with Gasteiger partial charge in [-0.05, 0) is 42.7 Å². The predicted octanol–water partition coefficient (Wildman–Crippen LogP) is 5.03. The molecule has 2 aromatic carbocycles. The number of alkyl halides is 4. The molecule has 0 fully saturated rings. The third-order valence-corrected chi connectivity index (χ3v) is 4.14. The second kappa shape index (κ2) is 9.01. The van der Waals surface area contributed by atoms with Gasteiger partial charge in [-0.1, -0.05) is 18.2 Å². The Bertz CT molecular complexity index is 836. The van der Waals surface area contributed by atoms with E-state index in [0.29, 0.717) is 5.56 Å². The van der Waals surface area contributed by atoms with Crippen LogP contribution in [0.4, 0.5) is 32.4 Å². The van der Waals surface area contributed by atoms with Gasteiger partial charge in [0.15, 0.2) is 0 Å². The second-order valence-corrected chi connectivity index (χ2v) is 6.28. The van der Waals surface area contributed by atoms with Crippen molar-refractivity contribution in [3.8, 4) is 0 Å². The fourth-order valence-corrected chi connectivity index (χ4v) is 2.36. The summed E-state index contributed by atoms with van der Waals surface area (Å²) < 4.78 is 64.2. The van der Waals surface area contributed by atoms with Crippen molar-refractivity contribution in [2.45, 2.75) is 24.4 Å². The molecule has 0 saturated carbocycles. The molecule has 0 bridgehead atoms. The molecule has 0 heterocycles. The Labute approximate surface area is 161 Å². The number of carbonyl (C=O) groups excluding carboxylic acids is 2. The van der Waals surface area contributed by atoms with Gasteiger partial charge in [0.1, 0.15) is 22.6 Å². The zero-order chi connectivity index (χ0) is 20.9. The van der Waals surface area contributed by atoms with Crippen LogP contribution in [0.15, 0.2) is 42.5 Å². The summed E-state index contributed by atoms with van der Waals surface area (Å²) in [7, 11) is 0. The van der Waals surface area contributed by atoms with Crippen molar-refractivity contribution >= 4 is 29.2 Å². The van der Waals surface area contributed by atoms with Gasteiger partial charge in [0, 0.05) is 5.69 Å². The summed E-state index contributed by atoms with van der Waals surface area (Å²) in [4.78, 5) is 23.6. The van der Waals surface area contributed by atoms with Crippen LogP contribution >= 0.6 is 11.6 Å². The standard InChI is InChI=1S/C18H14ClF5N2O2/c19-14(18(22,23)24)9-6-10-4-7-11(8-5-10)25-17(28)26-16(27)15-12(20)2-1-3-13(15)21/h1-5,7-8,14H,6,9H2,(H2,25,26,27,28). The van der Waals surface area contributed by atoms with Gasteiger partial charge in [0.25, 0.3) is 5.91 Å². The van der Waals surface area contributed by atoms with Gasteiger partial charge in [-0.15, -0.1) is 11.6 Å². The van der Waals surface area contributed by atoms with E-state index in [9.17, 15) is 31.5 Å². The Balaban J connectivity index is 1.91. The Kier molecular flexibility index (Phi) is 6.95. The summed E-state index contributed by atoms with van der Waals surface area (Å²) in [6.07, 6.45) is -4.71. The fraction of sp³-hybridized carbons (Fsp3) is 0.222. The van der Waals surface area contributed by atoms with E-state index in [4.69, 9.17) is 11.6 Å². The highest BCUT2D eigenvalue weighted by atomic mass is 35.5. The molecule has 0 radical (unpaired) electrons. The quantitative estimate of drug-likeness (QED) is 0.526. The van der Waals surface area contributed by atoms with Crippen LogP contribution in [-0.4, -0.2) is 23.5 Å². The maximum atomic E-state index is 13.5. The molecule has 10 heteroatoms. The van der Waals surface area contributed by atoms with Crippen molar-refractivity contribution in [2.24, 2.45) is 0 Å². The average Bonchev–Trinajstić information content (AvgIpc) is 2.59. The van der Waals surface area contributed by atoms with Crippen molar-refractivity contribution in [3.05, 3.63) is 65.2 Å². The first-order valence-corrected chi connectivity index (χ1v) is 8.37. The first kappa shape index (κ1) is 21.6. The van der Waals surface area contributed by atoms with Gasteiger partial charge < -0.3 is 5.32 Å². The van der Waals surface area contributed by atoms with Crippen LogP contribution in [0.2, 0.25) is 0 Å². The number of halogens is 6. The lowest BCUT2D eigenvalue weighted by Gasteiger charge is -2.13. The molecule has 150 valence electrons. The molecule has 28 heavy (non-hydrogen) atoms. The smallest absolute Gasteiger partial charge is 0.308 e. The molecule has 0 aliphatic carbocycles. The maximum Gasteiger partial charge on any atom is 0.404 e. The third kappa shape index (κ3) is 5.91. The number of carbonyl (C=O) groups is 2. The summed E-state index contributed by atoms with van der Waals surface area (Å²) in [5.41, 5.74) is -0.111. The van der Waals surface area contributed by atoms with Gasteiger partial charge in [-0.25, -0.2) is 13.6 Å². The normalized spacial score (nSPS) is 12.4. The average molecular weight is 421 g/mol. The summed E-state index contributed by atoms with van der Waals surface area (Å²) in [6.45, 7) is 0. The first-order chi connectivity index (χ1) is 13.1. The minimum atomic E-state index is -4.48. The maximum absolute atomic E-state index is 13.5. The molecule has 0 aliphatic heterocycles. The highest BCUT2D eigenvalue weighted by molar-refractivity contribution is 6.21. The number of benzene rings is 2. The highest BCUT2D eigenvalue weighted by Gasteiger charge is 2.37. The van der Waals surface area contributed by atoms with Crippen molar-refractivity contribution in [1.29, 1.82) is 0 Å². The minimum absolute atomic E-state index is 0.0746. The van der Waals surface area contributed by atoms with Gasteiger partial charge in [0.2, 0.25) is 0 Å². The van der Waals surface area contributed by atoms with E-state index in [0.717, 1.165) is 18.2 Å². The number of hydrogen-bond acceptors (Lipinski definition) is 2. The van der Waals surface area contributed by atoms with Crippen LogP contribution in [0.1, 0.15) is 22.3 Å². The molecule has 0 aliphatic rings. The van der Waals surface area contributed by atoms with Crippen LogP contribution in [-0.2, 0) is 6.42 Å². The van der Waals surface area contributed by atoms with E-state index < -0.39 is 40.7 Å². The lowest BCUT2D eigenvalue weighted by molar-refractivity contribution is -0.131.